The molecule has 1 aromatic carbocycles. The van der Waals surface area contributed by atoms with Crippen molar-refractivity contribution >= 4 is 5.91 Å². The Morgan fingerprint density at radius 1 is 1.37 bits per heavy atom. The van der Waals surface area contributed by atoms with E-state index in [-0.39, 0.29) is 6.42 Å². The Labute approximate surface area is 112 Å². The third-order valence-electron chi connectivity index (χ3n) is 3.10. The van der Waals surface area contributed by atoms with Crippen LogP contribution >= 0.6 is 0 Å². The molecule has 0 radical (unpaired) electrons. The third kappa shape index (κ3) is 3.23. The maximum absolute atomic E-state index is 14.7. The number of hydrogen-bond donors (Lipinski definition) is 0. The lowest BCUT2D eigenvalue weighted by atomic mass is 10.2. The first-order valence-electron chi connectivity index (χ1n) is 6.46. The van der Waals surface area contributed by atoms with E-state index in [0.29, 0.717) is 32.1 Å². The zero-order chi connectivity index (χ0) is 13.7. The molecule has 1 amide bonds. The van der Waals surface area contributed by atoms with Crippen molar-refractivity contribution in [2.75, 3.05) is 26.3 Å². The van der Waals surface area contributed by atoms with Gasteiger partial charge in [-0.2, -0.15) is 4.39 Å². The Morgan fingerprint density at radius 2 is 2.00 bits per heavy atom. The molecule has 1 unspecified atom stereocenters. The predicted octanol–water partition coefficient (Wildman–Crippen LogP) is 2.00. The minimum absolute atomic E-state index is 0.0297. The van der Waals surface area contributed by atoms with Gasteiger partial charge in [-0.15, -0.1) is 0 Å². The number of morpholine rings is 1. The van der Waals surface area contributed by atoms with Crippen molar-refractivity contribution in [1.82, 2.24) is 4.90 Å². The molecule has 0 spiro atoms. The van der Waals surface area contributed by atoms with E-state index in [4.69, 9.17) is 9.47 Å². The van der Waals surface area contributed by atoms with Crippen LogP contribution in [0.2, 0.25) is 0 Å². The van der Waals surface area contributed by atoms with E-state index < -0.39 is 11.8 Å². The molecule has 4 nitrogen and oxygen atoms in total. The van der Waals surface area contributed by atoms with Crippen LogP contribution in [0, 0.1) is 0 Å². The van der Waals surface area contributed by atoms with Gasteiger partial charge in [-0.05, 0) is 12.1 Å². The lowest BCUT2D eigenvalue weighted by molar-refractivity contribution is -0.170. The number of benzene rings is 1. The highest BCUT2D eigenvalue weighted by molar-refractivity contribution is 5.84. The highest BCUT2D eigenvalue weighted by Gasteiger charge is 2.42. The van der Waals surface area contributed by atoms with Crippen molar-refractivity contribution in [2.24, 2.45) is 0 Å². The van der Waals surface area contributed by atoms with E-state index in [2.05, 4.69) is 0 Å². The zero-order valence-corrected chi connectivity index (χ0v) is 11.0. The average molecular weight is 267 g/mol. The van der Waals surface area contributed by atoms with Crippen molar-refractivity contribution < 1.29 is 18.7 Å². The molecule has 0 bridgehead atoms. The van der Waals surface area contributed by atoms with Crippen molar-refractivity contribution in [3.05, 3.63) is 30.3 Å². The monoisotopic (exact) mass is 267 g/mol. The van der Waals surface area contributed by atoms with Crippen molar-refractivity contribution in [3.8, 4) is 5.75 Å². The number of amides is 1. The van der Waals surface area contributed by atoms with Gasteiger partial charge in [0.25, 0.3) is 5.91 Å². The molecular formula is C14H18FNO3. The summed E-state index contributed by atoms with van der Waals surface area (Å²) in [6.45, 7) is 3.29. The Morgan fingerprint density at radius 3 is 2.58 bits per heavy atom. The standard InChI is InChI=1S/C14H18FNO3/c1-2-14(15,19-12-6-4-3-5-7-12)13(17)16-8-10-18-11-9-16/h3-7H,2,8-11H2,1H3. The molecule has 0 saturated carbocycles. The molecule has 104 valence electrons. The lowest BCUT2D eigenvalue weighted by Crippen LogP contribution is -2.52. The van der Waals surface area contributed by atoms with Crippen LogP contribution in [0.3, 0.4) is 0 Å². The number of alkyl halides is 1. The quantitative estimate of drug-likeness (QED) is 0.837. The second-order valence-corrected chi connectivity index (χ2v) is 4.40. The van der Waals surface area contributed by atoms with Gasteiger partial charge in [-0.25, -0.2) is 0 Å². The Kier molecular flexibility index (Phi) is 4.37. The van der Waals surface area contributed by atoms with Crippen LogP contribution in [0.4, 0.5) is 4.39 Å². The Balaban J connectivity index is 2.10. The van der Waals surface area contributed by atoms with E-state index in [1.807, 2.05) is 6.07 Å². The van der Waals surface area contributed by atoms with Crippen LogP contribution in [-0.2, 0) is 9.53 Å². The first kappa shape index (κ1) is 13.8. The minimum Gasteiger partial charge on any atom is -0.450 e. The average Bonchev–Trinajstić information content (AvgIpc) is 2.48. The topological polar surface area (TPSA) is 38.8 Å². The highest BCUT2D eigenvalue weighted by Crippen LogP contribution is 2.25. The third-order valence-corrected chi connectivity index (χ3v) is 3.10. The summed E-state index contributed by atoms with van der Waals surface area (Å²) >= 11 is 0. The Hall–Kier alpha value is -1.62. The zero-order valence-electron chi connectivity index (χ0n) is 11.0. The molecule has 0 aromatic heterocycles. The second kappa shape index (κ2) is 6.02. The molecule has 1 aliphatic rings. The highest BCUT2D eigenvalue weighted by atomic mass is 19.2. The maximum atomic E-state index is 14.7. The SMILES string of the molecule is CCC(F)(Oc1ccccc1)C(=O)N1CCOCC1. The molecule has 1 aliphatic heterocycles. The summed E-state index contributed by atoms with van der Waals surface area (Å²) in [5, 5.41) is 0. The number of carbonyl (C=O) groups is 1. The molecule has 0 N–H and O–H groups in total. The number of carbonyl (C=O) groups excluding carboxylic acids is 1. The molecule has 1 saturated heterocycles. The van der Waals surface area contributed by atoms with Crippen LogP contribution < -0.4 is 4.74 Å². The second-order valence-electron chi connectivity index (χ2n) is 4.40. The summed E-state index contributed by atoms with van der Waals surface area (Å²) in [5.41, 5.74) is 0. The first-order valence-corrected chi connectivity index (χ1v) is 6.46. The van der Waals surface area contributed by atoms with E-state index in [9.17, 15) is 9.18 Å². The molecular weight excluding hydrogens is 249 g/mol. The summed E-state index contributed by atoms with van der Waals surface area (Å²) in [6.07, 6.45) is -0.0297. The Bertz CT molecular complexity index is 420. The van der Waals surface area contributed by atoms with Crippen LogP contribution in [0.1, 0.15) is 13.3 Å². The van der Waals surface area contributed by atoms with Crippen LogP contribution in [0.15, 0.2) is 30.3 Å². The summed E-state index contributed by atoms with van der Waals surface area (Å²) in [6, 6.07) is 8.56. The fourth-order valence-corrected chi connectivity index (χ4v) is 1.94. The largest absolute Gasteiger partial charge is 0.450 e. The van der Waals surface area contributed by atoms with Crippen molar-refractivity contribution in [1.29, 1.82) is 0 Å². The fraction of sp³-hybridized carbons (Fsp3) is 0.500. The molecule has 1 aromatic rings. The summed E-state index contributed by atoms with van der Waals surface area (Å²) in [7, 11) is 0. The summed E-state index contributed by atoms with van der Waals surface area (Å²) in [5.74, 6) is -2.57. The van der Waals surface area contributed by atoms with Crippen LogP contribution in [0.5, 0.6) is 5.75 Å². The van der Waals surface area contributed by atoms with E-state index in [1.54, 1.807) is 31.2 Å². The van der Waals surface area contributed by atoms with E-state index in [0.717, 1.165) is 0 Å². The first-order chi connectivity index (χ1) is 9.15. The van der Waals surface area contributed by atoms with Crippen LogP contribution in [-0.4, -0.2) is 43.0 Å². The molecule has 2 rings (SSSR count). The number of halogens is 1. The van der Waals surface area contributed by atoms with Gasteiger partial charge in [0.1, 0.15) is 5.75 Å². The van der Waals surface area contributed by atoms with Gasteiger partial charge < -0.3 is 14.4 Å². The molecule has 1 atom stereocenters. The van der Waals surface area contributed by atoms with Gasteiger partial charge in [0.2, 0.25) is 0 Å². The summed E-state index contributed by atoms with van der Waals surface area (Å²) in [4.78, 5) is 13.7. The normalized spacial score (nSPS) is 18.7. The van der Waals surface area contributed by atoms with Gasteiger partial charge in [-0.1, -0.05) is 25.1 Å². The van der Waals surface area contributed by atoms with Gasteiger partial charge in [0.05, 0.1) is 13.2 Å². The molecule has 19 heavy (non-hydrogen) atoms. The van der Waals surface area contributed by atoms with Crippen molar-refractivity contribution in [3.63, 3.8) is 0 Å². The summed E-state index contributed by atoms with van der Waals surface area (Å²) < 4.78 is 25.2. The van der Waals surface area contributed by atoms with Gasteiger partial charge in [0.15, 0.2) is 0 Å². The molecule has 0 aliphatic carbocycles. The maximum Gasteiger partial charge on any atom is 0.326 e. The number of ether oxygens (including phenoxy) is 2. The van der Waals surface area contributed by atoms with Crippen molar-refractivity contribution in [2.45, 2.75) is 19.2 Å². The predicted molar refractivity (Wildman–Crippen MR) is 68.6 cm³/mol. The van der Waals surface area contributed by atoms with E-state index in [1.165, 1.54) is 4.90 Å². The number of nitrogens with zero attached hydrogens (tertiary/aromatic N) is 1. The molecule has 1 heterocycles. The molecule has 5 heteroatoms. The van der Waals surface area contributed by atoms with Gasteiger partial charge in [0, 0.05) is 19.5 Å². The smallest absolute Gasteiger partial charge is 0.326 e. The van der Waals surface area contributed by atoms with Gasteiger partial charge >= 0.3 is 5.85 Å². The number of hydrogen-bond acceptors (Lipinski definition) is 3. The minimum atomic E-state index is -2.31. The number of para-hydroxylation sites is 1. The van der Waals surface area contributed by atoms with Gasteiger partial charge in [-0.3, -0.25) is 4.79 Å². The van der Waals surface area contributed by atoms with Crippen LogP contribution in [0.25, 0.3) is 0 Å². The fourth-order valence-electron chi connectivity index (χ4n) is 1.94. The molecule has 1 fully saturated rings. The lowest BCUT2D eigenvalue weighted by Gasteiger charge is -2.33. The number of rotatable bonds is 4. The van der Waals surface area contributed by atoms with E-state index >= 15 is 0 Å².